The van der Waals surface area contributed by atoms with Gasteiger partial charge in [-0.25, -0.2) is 0 Å². The van der Waals surface area contributed by atoms with E-state index < -0.39 is 0 Å². The van der Waals surface area contributed by atoms with Crippen LogP contribution in [0, 0.1) is 26.7 Å². The number of amides is 1. The van der Waals surface area contributed by atoms with Crippen LogP contribution in [0.2, 0.25) is 0 Å². The fourth-order valence-corrected chi connectivity index (χ4v) is 5.75. The van der Waals surface area contributed by atoms with Crippen molar-refractivity contribution in [2.24, 2.45) is 5.92 Å². The number of benzene rings is 1. The number of aryl methyl sites for hydroxylation is 2. The lowest BCUT2D eigenvalue weighted by molar-refractivity contribution is -0.0128. The number of hydrogen-bond donors (Lipinski definition) is 3. The molecule has 3 N–H and O–H groups in total. The van der Waals surface area contributed by atoms with Gasteiger partial charge in [-0.2, -0.15) is 0 Å². The third-order valence-electron chi connectivity index (χ3n) is 7.77. The average Bonchev–Trinajstić information content (AvgIpc) is 3.08. The van der Waals surface area contributed by atoms with Gasteiger partial charge >= 0.3 is 0 Å². The molecule has 1 saturated carbocycles. The van der Waals surface area contributed by atoms with Crippen molar-refractivity contribution in [2.45, 2.75) is 71.6 Å². The van der Waals surface area contributed by atoms with Crippen molar-refractivity contribution in [3.63, 3.8) is 0 Å². The number of fused-ring (bicyclic) bond motifs is 1. The van der Waals surface area contributed by atoms with Gasteiger partial charge in [-0.3, -0.25) is 9.59 Å². The van der Waals surface area contributed by atoms with Crippen LogP contribution in [-0.2, 0) is 17.8 Å². The molecule has 186 valence electrons. The monoisotopic (exact) mass is 476 g/mol. The van der Waals surface area contributed by atoms with Gasteiger partial charge in [-0.15, -0.1) is 0 Å². The normalized spacial score (nSPS) is 20.7. The topological polar surface area (TPSA) is 88.2 Å². The zero-order chi connectivity index (χ0) is 24.5. The average molecular weight is 477 g/mol. The smallest absolute Gasteiger partial charge is 0.254 e. The summed E-state index contributed by atoms with van der Waals surface area (Å²) in [5.41, 5.74) is 4.98. The van der Waals surface area contributed by atoms with Crippen LogP contribution in [0.5, 0.6) is 0 Å². The summed E-state index contributed by atoms with van der Waals surface area (Å²) in [6.45, 7) is 8.64. The minimum Gasteiger partial charge on any atom is -0.378 e. The molecule has 0 atom stereocenters. The predicted octanol–water partition coefficient (Wildman–Crippen LogP) is 3.73. The van der Waals surface area contributed by atoms with E-state index in [1.165, 1.54) is 25.7 Å². The summed E-state index contributed by atoms with van der Waals surface area (Å²) in [6, 6.07) is 11.2. The molecule has 0 radical (unpaired) electrons. The van der Waals surface area contributed by atoms with Crippen molar-refractivity contribution in [3.8, 4) is 0 Å². The van der Waals surface area contributed by atoms with Crippen molar-refractivity contribution in [2.75, 3.05) is 13.2 Å². The maximum atomic E-state index is 13.4. The van der Waals surface area contributed by atoms with Crippen LogP contribution < -0.4 is 16.2 Å². The number of carbonyl (C=O) groups excluding carboxylic acids is 1. The van der Waals surface area contributed by atoms with Crippen molar-refractivity contribution in [1.82, 2.24) is 20.2 Å². The first-order valence-corrected chi connectivity index (χ1v) is 12.8. The van der Waals surface area contributed by atoms with Crippen molar-refractivity contribution < 1.29 is 9.53 Å². The maximum Gasteiger partial charge on any atom is 0.254 e. The fourth-order valence-electron chi connectivity index (χ4n) is 5.75. The van der Waals surface area contributed by atoms with E-state index in [-0.39, 0.29) is 18.0 Å². The fraction of sp³-hybridized carbons (Fsp3) is 0.500. The molecule has 0 bridgehead atoms. The Morgan fingerprint density at radius 1 is 1.09 bits per heavy atom. The standard InChI is InChI=1S/C28H36N4O3/c1-17-12-18(2)30-27(33)24(17)13-29-28(34)26-19(3)32(25-7-5-4-6-23(25)26)14-20-8-10-21(11-9-20)31-22-15-35-16-22/h4-7,12,20-22,31H,8-11,13-16H2,1-3H3,(H,29,34)(H,30,33). The number of H-pyrrole nitrogens is 1. The molecule has 7 nitrogen and oxygen atoms in total. The Labute approximate surface area is 206 Å². The van der Waals surface area contributed by atoms with Crippen LogP contribution >= 0.6 is 0 Å². The predicted molar refractivity (Wildman–Crippen MR) is 138 cm³/mol. The van der Waals surface area contributed by atoms with Crippen molar-refractivity contribution in [1.29, 1.82) is 0 Å². The molecule has 1 saturated heterocycles. The second-order valence-electron chi connectivity index (χ2n) is 10.3. The Kier molecular flexibility index (Phi) is 6.80. The molecule has 3 aromatic rings. The third-order valence-corrected chi connectivity index (χ3v) is 7.77. The number of carbonyl (C=O) groups is 1. The number of aromatic nitrogens is 2. The lowest BCUT2D eigenvalue weighted by Gasteiger charge is -2.35. The number of nitrogens with one attached hydrogen (secondary N) is 3. The van der Waals surface area contributed by atoms with E-state index >= 15 is 0 Å². The van der Waals surface area contributed by atoms with E-state index in [4.69, 9.17) is 4.74 Å². The molecule has 0 unspecified atom stereocenters. The summed E-state index contributed by atoms with van der Waals surface area (Å²) >= 11 is 0. The number of ether oxygens (including phenoxy) is 1. The third kappa shape index (κ3) is 4.93. The molecule has 1 aromatic carbocycles. The first-order chi connectivity index (χ1) is 16.9. The quantitative estimate of drug-likeness (QED) is 0.485. The summed E-state index contributed by atoms with van der Waals surface area (Å²) in [6.07, 6.45) is 4.76. The van der Waals surface area contributed by atoms with Gasteiger partial charge in [-0.1, -0.05) is 18.2 Å². The largest absolute Gasteiger partial charge is 0.378 e. The second kappa shape index (κ2) is 9.99. The highest BCUT2D eigenvalue weighted by molar-refractivity contribution is 6.08. The molecular formula is C28H36N4O3. The summed E-state index contributed by atoms with van der Waals surface area (Å²) in [4.78, 5) is 28.6. The molecular weight excluding hydrogens is 440 g/mol. The van der Waals surface area contributed by atoms with Crippen LogP contribution in [0.15, 0.2) is 35.1 Å². The lowest BCUT2D eigenvalue weighted by Crippen LogP contribution is -2.51. The highest BCUT2D eigenvalue weighted by Crippen LogP contribution is 2.31. The number of rotatable bonds is 7. The van der Waals surface area contributed by atoms with Crippen LogP contribution in [0.1, 0.15) is 58.6 Å². The molecule has 2 aliphatic rings. The van der Waals surface area contributed by atoms with Gasteiger partial charge in [0, 0.05) is 47.0 Å². The number of nitrogens with zero attached hydrogens (tertiary/aromatic N) is 1. The molecule has 7 heteroatoms. The molecule has 3 heterocycles. The van der Waals surface area contributed by atoms with Gasteiger partial charge in [0.05, 0.1) is 24.8 Å². The Morgan fingerprint density at radius 3 is 2.51 bits per heavy atom. The first kappa shape index (κ1) is 23.8. The van der Waals surface area contributed by atoms with Gasteiger partial charge in [0.1, 0.15) is 0 Å². The zero-order valence-corrected chi connectivity index (χ0v) is 20.9. The van der Waals surface area contributed by atoms with Crippen LogP contribution in [0.4, 0.5) is 0 Å². The minimum atomic E-state index is -0.142. The SMILES string of the molecule is Cc1cc(C)c(CNC(=O)c2c(C)n(CC3CCC(NC4COC4)CC3)c3ccccc23)c(=O)[nH]1. The molecule has 5 rings (SSSR count). The number of aromatic amines is 1. The van der Waals surface area contributed by atoms with Gasteiger partial charge in [-0.05, 0) is 70.1 Å². The van der Waals surface area contributed by atoms with Crippen LogP contribution in [0.25, 0.3) is 10.9 Å². The van der Waals surface area contributed by atoms with E-state index in [0.717, 1.165) is 47.6 Å². The summed E-state index contributed by atoms with van der Waals surface area (Å²) in [7, 11) is 0. The molecule has 35 heavy (non-hydrogen) atoms. The molecule has 1 amide bonds. The lowest BCUT2D eigenvalue weighted by atomic mass is 9.85. The van der Waals surface area contributed by atoms with E-state index in [0.29, 0.717) is 29.1 Å². The van der Waals surface area contributed by atoms with Gasteiger partial charge in [0.2, 0.25) is 0 Å². The number of para-hydroxylation sites is 1. The zero-order valence-electron chi connectivity index (χ0n) is 20.9. The second-order valence-corrected chi connectivity index (χ2v) is 10.3. The van der Waals surface area contributed by atoms with E-state index in [1.807, 2.05) is 45.0 Å². The Morgan fingerprint density at radius 2 is 1.83 bits per heavy atom. The maximum absolute atomic E-state index is 13.4. The van der Waals surface area contributed by atoms with E-state index in [9.17, 15) is 9.59 Å². The van der Waals surface area contributed by atoms with Crippen LogP contribution in [0.3, 0.4) is 0 Å². The molecule has 0 spiro atoms. The molecule has 2 fully saturated rings. The summed E-state index contributed by atoms with van der Waals surface area (Å²) < 4.78 is 7.62. The highest BCUT2D eigenvalue weighted by atomic mass is 16.5. The first-order valence-electron chi connectivity index (χ1n) is 12.8. The van der Waals surface area contributed by atoms with Gasteiger partial charge in [0.15, 0.2) is 0 Å². The summed E-state index contributed by atoms with van der Waals surface area (Å²) in [5, 5.41) is 7.71. The van der Waals surface area contributed by atoms with E-state index in [1.54, 1.807) is 0 Å². The Bertz CT molecular complexity index is 1280. The Balaban J connectivity index is 1.31. The number of hydrogen-bond acceptors (Lipinski definition) is 4. The minimum absolute atomic E-state index is 0.132. The van der Waals surface area contributed by atoms with Crippen LogP contribution in [-0.4, -0.2) is 40.8 Å². The molecule has 1 aliphatic heterocycles. The Hall–Kier alpha value is -2.90. The van der Waals surface area contributed by atoms with Gasteiger partial charge < -0.3 is 24.9 Å². The van der Waals surface area contributed by atoms with Gasteiger partial charge in [0.25, 0.3) is 11.5 Å². The molecule has 1 aliphatic carbocycles. The van der Waals surface area contributed by atoms with Crippen molar-refractivity contribution in [3.05, 3.63) is 68.8 Å². The van der Waals surface area contributed by atoms with E-state index in [2.05, 4.69) is 26.3 Å². The van der Waals surface area contributed by atoms with Crippen molar-refractivity contribution >= 4 is 16.8 Å². The summed E-state index contributed by atoms with van der Waals surface area (Å²) in [5.74, 6) is 0.470. The number of pyridine rings is 1. The highest BCUT2D eigenvalue weighted by Gasteiger charge is 2.28. The molecule has 2 aromatic heterocycles.